The fraction of sp³-hybridized carbons (Fsp3) is 0.636. The summed E-state index contributed by atoms with van der Waals surface area (Å²) in [6.45, 7) is 4.06. The Morgan fingerprint density at radius 3 is 2.73 bits per heavy atom. The molecule has 0 spiro atoms. The lowest BCUT2D eigenvalue weighted by molar-refractivity contribution is 0.00304. The van der Waals surface area contributed by atoms with Gasteiger partial charge in [0.2, 0.25) is 0 Å². The standard InChI is InChI=1S/C11H17BrO2S/c1-11(2,14-3)6-4-9(13)10-8(12)5-7-15-10/h5,7,9,13H,4,6H2,1-3H3. The molecule has 0 saturated heterocycles. The maximum absolute atomic E-state index is 9.97. The summed E-state index contributed by atoms with van der Waals surface area (Å²) in [4.78, 5) is 1.00. The van der Waals surface area contributed by atoms with Gasteiger partial charge in [-0.3, -0.25) is 0 Å². The molecular weight excluding hydrogens is 276 g/mol. The molecule has 1 atom stereocenters. The summed E-state index contributed by atoms with van der Waals surface area (Å²) in [6.07, 6.45) is 1.17. The Balaban J connectivity index is 2.50. The van der Waals surface area contributed by atoms with Crippen molar-refractivity contribution in [2.75, 3.05) is 7.11 Å². The van der Waals surface area contributed by atoms with E-state index in [1.54, 1.807) is 18.4 Å². The van der Waals surface area contributed by atoms with Crippen LogP contribution in [0, 0.1) is 0 Å². The Morgan fingerprint density at radius 2 is 2.27 bits per heavy atom. The summed E-state index contributed by atoms with van der Waals surface area (Å²) in [5, 5.41) is 12.0. The molecule has 1 aromatic rings. The smallest absolute Gasteiger partial charge is 0.0894 e. The molecule has 1 unspecified atom stereocenters. The van der Waals surface area contributed by atoms with E-state index in [1.807, 2.05) is 25.3 Å². The first-order valence-electron chi connectivity index (χ1n) is 4.92. The summed E-state index contributed by atoms with van der Waals surface area (Å²) < 4.78 is 6.31. The van der Waals surface area contributed by atoms with Crippen molar-refractivity contribution < 1.29 is 9.84 Å². The molecule has 4 heteroatoms. The summed E-state index contributed by atoms with van der Waals surface area (Å²) >= 11 is 5.00. The quantitative estimate of drug-likeness (QED) is 0.896. The predicted molar refractivity (Wildman–Crippen MR) is 67.3 cm³/mol. The number of hydrogen-bond donors (Lipinski definition) is 1. The van der Waals surface area contributed by atoms with Crippen LogP contribution in [0.4, 0.5) is 0 Å². The maximum atomic E-state index is 9.97. The number of ether oxygens (including phenoxy) is 1. The predicted octanol–water partition coefficient (Wildman–Crippen LogP) is 3.75. The van der Waals surface area contributed by atoms with Gasteiger partial charge < -0.3 is 9.84 Å². The van der Waals surface area contributed by atoms with E-state index in [9.17, 15) is 5.11 Å². The van der Waals surface area contributed by atoms with Gasteiger partial charge in [0.1, 0.15) is 0 Å². The van der Waals surface area contributed by atoms with Crippen LogP contribution in [0.25, 0.3) is 0 Å². The van der Waals surface area contributed by atoms with Gasteiger partial charge >= 0.3 is 0 Å². The van der Waals surface area contributed by atoms with Crippen LogP contribution in [0.1, 0.15) is 37.7 Å². The molecule has 0 aliphatic heterocycles. The minimum Gasteiger partial charge on any atom is -0.388 e. The number of halogens is 1. The zero-order valence-electron chi connectivity index (χ0n) is 9.29. The number of thiophene rings is 1. The lowest BCUT2D eigenvalue weighted by atomic mass is 9.99. The molecule has 2 nitrogen and oxygen atoms in total. The van der Waals surface area contributed by atoms with Crippen LogP contribution < -0.4 is 0 Å². The average Bonchev–Trinajstić information content (AvgIpc) is 2.61. The van der Waals surface area contributed by atoms with E-state index in [2.05, 4.69) is 15.9 Å². The normalized spacial score (nSPS) is 14.2. The summed E-state index contributed by atoms with van der Waals surface area (Å²) in [5.41, 5.74) is -0.162. The van der Waals surface area contributed by atoms with Gasteiger partial charge in [-0.1, -0.05) is 0 Å². The molecule has 0 bridgehead atoms. The summed E-state index contributed by atoms with van der Waals surface area (Å²) in [6, 6.07) is 1.96. The van der Waals surface area contributed by atoms with Gasteiger partial charge in [-0.05, 0) is 54.1 Å². The van der Waals surface area contributed by atoms with E-state index in [0.29, 0.717) is 0 Å². The first kappa shape index (κ1) is 13.2. The molecule has 86 valence electrons. The van der Waals surface area contributed by atoms with Crippen molar-refractivity contribution in [2.45, 2.75) is 38.4 Å². The van der Waals surface area contributed by atoms with E-state index in [0.717, 1.165) is 22.2 Å². The summed E-state index contributed by atoms with van der Waals surface area (Å²) in [5.74, 6) is 0. The van der Waals surface area contributed by atoms with Crippen LogP contribution in [0.5, 0.6) is 0 Å². The number of rotatable bonds is 5. The molecule has 0 fully saturated rings. The lowest BCUT2D eigenvalue weighted by Crippen LogP contribution is -2.22. The second-order valence-electron chi connectivity index (χ2n) is 4.15. The van der Waals surface area contributed by atoms with E-state index in [1.165, 1.54) is 0 Å². The van der Waals surface area contributed by atoms with Gasteiger partial charge in [-0.2, -0.15) is 0 Å². The minimum absolute atomic E-state index is 0.162. The topological polar surface area (TPSA) is 29.5 Å². The number of aliphatic hydroxyl groups excluding tert-OH is 1. The fourth-order valence-electron chi connectivity index (χ4n) is 1.26. The Kier molecular flexibility index (Phi) is 4.77. The molecule has 1 N–H and O–H groups in total. The van der Waals surface area contributed by atoms with Crippen LogP contribution in [0.15, 0.2) is 15.9 Å². The number of aliphatic hydroxyl groups is 1. The molecular formula is C11H17BrO2S. The zero-order chi connectivity index (χ0) is 11.5. The first-order valence-corrected chi connectivity index (χ1v) is 6.59. The van der Waals surface area contributed by atoms with Gasteiger partial charge in [0.25, 0.3) is 0 Å². The molecule has 0 aromatic carbocycles. The van der Waals surface area contributed by atoms with Crippen molar-refractivity contribution >= 4 is 27.3 Å². The van der Waals surface area contributed by atoms with E-state index >= 15 is 0 Å². The van der Waals surface area contributed by atoms with Gasteiger partial charge in [0.15, 0.2) is 0 Å². The Bertz CT molecular complexity index is 309. The van der Waals surface area contributed by atoms with Gasteiger partial charge in [0.05, 0.1) is 11.7 Å². The van der Waals surface area contributed by atoms with Crippen LogP contribution in [0.2, 0.25) is 0 Å². The van der Waals surface area contributed by atoms with E-state index < -0.39 is 6.10 Å². The number of hydrogen-bond acceptors (Lipinski definition) is 3. The molecule has 15 heavy (non-hydrogen) atoms. The molecule has 0 aliphatic rings. The van der Waals surface area contributed by atoms with Crippen LogP contribution >= 0.6 is 27.3 Å². The first-order chi connectivity index (χ1) is 6.96. The SMILES string of the molecule is COC(C)(C)CCC(O)c1sccc1Br. The highest BCUT2D eigenvalue weighted by Crippen LogP contribution is 2.33. The van der Waals surface area contributed by atoms with Gasteiger partial charge in [0, 0.05) is 16.5 Å². The van der Waals surface area contributed by atoms with Crippen molar-refractivity contribution in [3.05, 3.63) is 20.8 Å². The summed E-state index contributed by atoms with van der Waals surface area (Å²) in [7, 11) is 1.70. The highest BCUT2D eigenvalue weighted by Gasteiger charge is 2.20. The van der Waals surface area contributed by atoms with Crippen molar-refractivity contribution in [1.29, 1.82) is 0 Å². The van der Waals surface area contributed by atoms with Crippen LogP contribution in [-0.4, -0.2) is 17.8 Å². The minimum atomic E-state index is -0.395. The van der Waals surface area contributed by atoms with Crippen LogP contribution in [-0.2, 0) is 4.74 Å². The van der Waals surface area contributed by atoms with Gasteiger partial charge in [-0.25, -0.2) is 0 Å². The Morgan fingerprint density at radius 1 is 1.60 bits per heavy atom. The third-order valence-corrected chi connectivity index (χ3v) is 4.49. The molecule has 0 aliphatic carbocycles. The third kappa shape index (κ3) is 3.87. The molecule has 1 heterocycles. The lowest BCUT2D eigenvalue weighted by Gasteiger charge is -2.24. The highest BCUT2D eigenvalue weighted by molar-refractivity contribution is 9.10. The van der Waals surface area contributed by atoms with Crippen LogP contribution in [0.3, 0.4) is 0 Å². The van der Waals surface area contributed by atoms with Crippen molar-refractivity contribution in [3.8, 4) is 0 Å². The Hall–Kier alpha value is 0.100. The monoisotopic (exact) mass is 292 g/mol. The van der Waals surface area contributed by atoms with Crippen molar-refractivity contribution in [3.63, 3.8) is 0 Å². The molecule has 0 radical (unpaired) electrons. The van der Waals surface area contributed by atoms with Gasteiger partial charge in [-0.15, -0.1) is 11.3 Å². The highest BCUT2D eigenvalue weighted by atomic mass is 79.9. The molecule has 0 amide bonds. The second kappa shape index (κ2) is 5.43. The Labute approximate surface area is 103 Å². The largest absolute Gasteiger partial charge is 0.388 e. The van der Waals surface area contributed by atoms with E-state index in [-0.39, 0.29) is 5.60 Å². The molecule has 1 aromatic heterocycles. The van der Waals surface area contributed by atoms with Crippen molar-refractivity contribution in [2.24, 2.45) is 0 Å². The second-order valence-corrected chi connectivity index (χ2v) is 5.95. The zero-order valence-corrected chi connectivity index (χ0v) is 11.7. The maximum Gasteiger partial charge on any atom is 0.0894 e. The molecule has 0 saturated carbocycles. The van der Waals surface area contributed by atoms with Crippen molar-refractivity contribution in [1.82, 2.24) is 0 Å². The van der Waals surface area contributed by atoms with E-state index in [4.69, 9.17) is 4.74 Å². The average molecular weight is 293 g/mol. The third-order valence-electron chi connectivity index (χ3n) is 2.52. The number of methoxy groups -OCH3 is 1. The fourth-order valence-corrected chi connectivity index (χ4v) is 2.92. The molecule has 1 rings (SSSR count).